The summed E-state index contributed by atoms with van der Waals surface area (Å²) in [7, 11) is -3.80. The number of unbranched alkanes of at least 4 members (excludes halogenated alkanes) is 1. The number of rotatable bonds is 12. The Morgan fingerprint density at radius 2 is 1.71 bits per heavy atom. The summed E-state index contributed by atoms with van der Waals surface area (Å²) in [5.41, 5.74) is 3.03. The smallest absolute Gasteiger partial charge is 0.244 e. The Balaban J connectivity index is 2.41. The number of nitrogens with zero attached hydrogens (tertiary/aromatic N) is 2. The molecule has 2 rings (SSSR count). The summed E-state index contributed by atoms with van der Waals surface area (Å²) in [6.07, 6.45) is 3.22. The Labute approximate surface area is 214 Å². The maximum absolute atomic E-state index is 13.6. The molecule has 0 aliphatic heterocycles. The zero-order valence-corrected chi connectivity index (χ0v) is 22.7. The number of amides is 2. The SMILES string of the molecule is CCCCNC(=O)C(CC)N(Cc1ccc(C)cc1)C(=O)CN(c1ccc(C)c(Cl)c1)S(C)(=O)=O. The summed E-state index contributed by atoms with van der Waals surface area (Å²) in [4.78, 5) is 28.1. The van der Waals surface area contributed by atoms with E-state index in [0.29, 0.717) is 23.7 Å². The first-order valence-electron chi connectivity index (χ1n) is 11.8. The fourth-order valence-corrected chi connectivity index (χ4v) is 4.68. The number of anilines is 1. The number of nitrogens with one attached hydrogen (secondary N) is 1. The summed E-state index contributed by atoms with van der Waals surface area (Å²) in [5, 5.41) is 3.32. The lowest BCUT2D eigenvalue weighted by molar-refractivity contribution is -0.140. The third-order valence-corrected chi connectivity index (χ3v) is 7.36. The second-order valence-corrected chi connectivity index (χ2v) is 11.1. The molecule has 7 nitrogen and oxygen atoms in total. The molecular weight excluding hydrogens is 486 g/mol. The molecule has 35 heavy (non-hydrogen) atoms. The summed E-state index contributed by atoms with van der Waals surface area (Å²) in [6.45, 7) is 7.93. The van der Waals surface area contributed by atoms with Crippen molar-refractivity contribution in [1.29, 1.82) is 0 Å². The molecule has 0 aromatic heterocycles. The van der Waals surface area contributed by atoms with Crippen molar-refractivity contribution < 1.29 is 18.0 Å². The van der Waals surface area contributed by atoms with E-state index in [1.54, 1.807) is 12.1 Å². The molecule has 1 atom stereocenters. The van der Waals surface area contributed by atoms with E-state index in [4.69, 9.17) is 11.6 Å². The van der Waals surface area contributed by atoms with Gasteiger partial charge in [-0.15, -0.1) is 0 Å². The number of benzene rings is 2. The van der Waals surface area contributed by atoms with Crippen LogP contribution in [0.4, 0.5) is 5.69 Å². The van der Waals surface area contributed by atoms with Gasteiger partial charge in [0, 0.05) is 18.1 Å². The lowest BCUT2D eigenvalue weighted by Gasteiger charge is -2.33. The fourth-order valence-electron chi connectivity index (χ4n) is 3.67. The average Bonchev–Trinajstić information content (AvgIpc) is 2.80. The predicted molar refractivity (Wildman–Crippen MR) is 142 cm³/mol. The van der Waals surface area contributed by atoms with Crippen LogP contribution in [0.25, 0.3) is 0 Å². The van der Waals surface area contributed by atoms with Crippen LogP contribution in [0.2, 0.25) is 5.02 Å². The van der Waals surface area contributed by atoms with E-state index >= 15 is 0 Å². The number of carbonyl (C=O) groups excluding carboxylic acids is 2. The molecule has 0 bridgehead atoms. The summed E-state index contributed by atoms with van der Waals surface area (Å²) < 4.78 is 26.4. The van der Waals surface area contributed by atoms with Crippen LogP contribution in [0.3, 0.4) is 0 Å². The number of sulfonamides is 1. The molecule has 2 amide bonds. The first-order chi connectivity index (χ1) is 16.5. The molecule has 2 aromatic rings. The Hall–Kier alpha value is -2.58. The maximum atomic E-state index is 13.6. The van der Waals surface area contributed by atoms with E-state index in [2.05, 4.69) is 5.32 Å². The van der Waals surface area contributed by atoms with Gasteiger partial charge in [0.05, 0.1) is 11.9 Å². The van der Waals surface area contributed by atoms with Crippen LogP contribution in [-0.4, -0.2) is 50.5 Å². The minimum absolute atomic E-state index is 0.186. The molecule has 0 saturated heterocycles. The van der Waals surface area contributed by atoms with Crippen LogP contribution in [0.15, 0.2) is 42.5 Å². The molecule has 192 valence electrons. The zero-order valence-electron chi connectivity index (χ0n) is 21.2. The number of halogens is 1. The van der Waals surface area contributed by atoms with Gasteiger partial charge >= 0.3 is 0 Å². The minimum atomic E-state index is -3.80. The second kappa shape index (κ2) is 12.9. The van der Waals surface area contributed by atoms with Crippen LogP contribution in [0.5, 0.6) is 0 Å². The number of carbonyl (C=O) groups is 2. The number of hydrogen-bond acceptors (Lipinski definition) is 4. The van der Waals surface area contributed by atoms with Gasteiger partial charge in [0.15, 0.2) is 0 Å². The van der Waals surface area contributed by atoms with E-state index in [1.165, 1.54) is 11.0 Å². The Bertz CT molecular complexity index is 1120. The number of aryl methyl sites for hydroxylation is 2. The lowest BCUT2D eigenvalue weighted by Crippen LogP contribution is -2.52. The van der Waals surface area contributed by atoms with Crippen LogP contribution < -0.4 is 9.62 Å². The molecule has 0 spiro atoms. The van der Waals surface area contributed by atoms with Crippen molar-refractivity contribution in [2.24, 2.45) is 0 Å². The van der Waals surface area contributed by atoms with Gasteiger partial charge in [-0.25, -0.2) is 8.42 Å². The Kier molecular flexibility index (Phi) is 10.6. The molecule has 0 saturated carbocycles. The van der Waals surface area contributed by atoms with Gasteiger partial charge in [-0.05, 0) is 49.9 Å². The van der Waals surface area contributed by atoms with Gasteiger partial charge in [-0.2, -0.15) is 0 Å². The summed E-state index contributed by atoms with van der Waals surface area (Å²) >= 11 is 6.23. The topological polar surface area (TPSA) is 86.8 Å². The van der Waals surface area contributed by atoms with Gasteiger partial charge in [-0.3, -0.25) is 13.9 Å². The molecule has 0 radical (unpaired) electrons. The zero-order chi connectivity index (χ0) is 26.2. The summed E-state index contributed by atoms with van der Waals surface area (Å²) in [5.74, 6) is -0.712. The highest BCUT2D eigenvalue weighted by atomic mass is 35.5. The fraction of sp³-hybridized carbons (Fsp3) is 0.462. The molecule has 0 aliphatic carbocycles. The van der Waals surface area contributed by atoms with Crippen molar-refractivity contribution in [3.8, 4) is 0 Å². The van der Waals surface area contributed by atoms with Gasteiger partial charge in [-0.1, -0.05) is 67.8 Å². The van der Waals surface area contributed by atoms with E-state index in [1.807, 2.05) is 52.0 Å². The lowest BCUT2D eigenvalue weighted by atomic mass is 10.1. The third kappa shape index (κ3) is 8.25. The third-order valence-electron chi connectivity index (χ3n) is 5.81. The van der Waals surface area contributed by atoms with E-state index in [-0.39, 0.29) is 12.5 Å². The first kappa shape index (κ1) is 28.7. The summed E-state index contributed by atoms with van der Waals surface area (Å²) in [6, 6.07) is 11.8. The van der Waals surface area contributed by atoms with Crippen molar-refractivity contribution >= 4 is 39.1 Å². The van der Waals surface area contributed by atoms with Crippen molar-refractivity contribution in [2.75, 3.05) is 23.7 Å². The van der Waals surface area contributed by atoms with Gasteiger partial charge in [0.25, 0.3) is 0 Å². The Morgan fingerprint density at radius 3 is 2.26 bits per heavy atom. The molecule has 2 aromatic carbocycles. The highest BCUT2D eigenvalue weighted by molar-refractivity contribution is 7.92. The van der Waals surface area contributed by atoms with Crippen molar-refractivity contribution in [2.45, 2.75) is 59.5 Å². The predicted octanol–water partition coefficient (Wildman–Crippen LogP) is 4.45. The minimum Gasteiger partial charge on any atom is -0.354 e. The highest BCUT2D eigenvalue weighted by Gasteiger charge is 2.31. The van der Waals surface area contributed by atoms with Crippen molar-refractivity contribution in [3.63, 3.8) is 0 Å². The van der Waals surface area contributed by atoms with Gasteiger partial charge in [0.1, 0.15) is 12.6 Å². The number of hydrogen-bond donors (Lipinski definition) is 1. The van der Waals surface area contributed by atoms with Crippen LogP contribution in [0, 0.1) is 13.8 Å². The standard InChI is InChI=1S/C26H36ClN3O4S/c1-6-8-15-28-26(32)24(7-2)29(17-21-12-9-19(3)10-13-21)25(31)18-30(35(5,33)34)22-14-11-20(4)23(27)16-22/h9-14,16,24H,6-8,15,17-18H2,1-5H3,(H,28,32). The first-order valence-corrected chi connectivity index (χ1v) is 14.1. The normalized spacial score (nSPS) is 12.2. The molecule has 1 N–H and O–H groups in total. The molecule has 9 heteroatoms. The van der Waals surface area contributed by atoms with Crippen LogP contribution in [-0.2, 0) is 26.2 Å². The van der Waals surface area contributed by atoms with Crippen molar-refractivity contribution in [3.05, 3.63) is 64.2 Å². The van der Waals surface area contributed by atoms with E-state index in [0.717, 1.165) is 40.1 Å². The quantitative estimate of drug-likeness (QED) is 0.418. The monoisotopic (exact) mass is 521 g/mol. The largest absolute Gasteiger partial charge is 0.354 e. The maximum Gasteiger partial charge on any atom is 0.244 e. The molecule has 0 fully saturated rings. The van der Waals surface area contributed by atoms with Gasteiger partial charge in [0.2, 0.25) is 21.8 Å². The molecule has 0 aliphatic rings. The van der Waals surface area contributed by atoms with E-state index in [9.17, 15) is 18.0 Å². The van der Waals surface area contributed by atoms with Crippen LogP contribution in [0.1, 0.15) is 49.8 Å². The van der Waals surface area contributed by atoms with Crippen LogP contribution >= 0.6 is 11.6 Å². The highest BCUT2D eigenvalue weighted by Crippen LogP contribution is 2.25. The Morgan fingerprint density at radius 1 is 1.06 bits per heavy atom. The molecular formula is C26H36ClN3O4S. The second-order valence-electron chi connectivity index (χ2n) is 8.78. The van der Waals surface area contributed by atoms with Crippen molar-refractivity contribution in [1.82, 2.24) is 10.2 Å². The molecule has 1 unspecified atom stereocenters. The van der Waals surface area contributed by atoms with Gasteiger partial charge < -0.3 is 10.2 Å². The molecule has 0 heterocycles. The van der Waals surface area contributed by atoms with E-state index < -0.39 is 28.5 Å². The average molecular weight is 522 g/mol.